The third kappa shape index (κ3) is 6.37. The van der Waals surface area contributed by atoms with Crippen LogP contribution in [0.5, 0.6) is 0 Å². The Kier molecular flexibility index (Phi) is 5.35. The molecule has 15 heavy (non-hydrogen) atoms. The van der Waals surface area contributed by atoms with E-state index in [1.54, 1.807) is 0 Å². The maximum absolute atomic E-state index is 11.8. The van der Waals surface area contributed by atoms with Crippen LogP contribution in [0.3, 0.4) is 0 Å². The molecule has 0 radical (unpaired) electrons. The highest BCUT2D eigenvalue weighted by molar-refractivity contribution is 9.09. The van der Waals surface area contributed by atoms with E-state index in [2.05, 4.69) is 25.6 Å². The topological polar surface area (TPSA) is 12.5 Å². The third-order valence-corrected chi connectivity index (χ3v) is 2.58. The van der Waals surface area contributed by atoms with Crippen molar-refractivity contribution in [3.8, 4) is 0 Å². The molecule has 0 spiro atoms. The first-order chi connectivity index (χ1) is 7.03. The van der Waals surface area contributed by atoms with Gasteiger partial charge in [-0.1, -0.05) is 15.9 Å². The summed E-state index contributed by atoms with van der Waals surface area (Å²) in [6.07, 6.45) is -1.89. The minimum absolute atomic E-state index is 0.156. The summed E-state index contributed by atoms with van der Waals surface area (Å²) in [4.78, 5) is 2.17. The smallest absolute Gasteiger partial charge is 0.371 e. The molecule has 0 bridgehead atoms. The summed E-state index contributed by atoms with van der Waals surface area (Å²) in [5.74, 6) is 0. The first-order valence-electron chi connectivity index (χ1n) is 4.97. The quantitative estimate of drug-likeness (QED) is 0.527. The fourth-order valence-electron chi connectivity index (χ4n) is 1.39. The van der Waals surface area contributed by atoms with Crippen molar-refractivity contribution in [1.82, 2.24) is 4.90 Å². The van der Waals surface area contributed by atoms with Gasteiger partial charge >= 0.3 is 6.18 Å². The molecule has 0 N–H and O–H groups in total. The van der Waals surface area contributed by atoms with Crippen molar-refractivity contribution in [3.05, 3.63) is 0 Å². The second kappa shape index (κ2) is 6.06. The molecule has 1 rings (SSSR count). The average Bonchev–Trinajstić information content (AvgIpc) is 2.91. The highest BCUT2D eigenvalue weighted by atomic mass is 79.9. The normalized spacial score (nSPS) is 17.4. The summed E-state index contributed by atoms with van der Waals surface area (Å²) in [7, 11) is 0. The number of rotatable bonds is 7. The molecular formula is C9H15BrF3NO. The van der Waals surface area contributed by atoms with Gasteiger partial charge in [0.2, 0.25) is 0 Å². The standard InChI is InChI=1S/C9H15BrF3NO/c10-3-4-14(8-1-2-8)5-6-15-7-9(11,12)13/h8H,1-7H2. The molecule has 2 nitrogen and oxygen atoms in total. The lowest BCUT2D eigenvalue weighted by Crippen LogP contribution is -2.32. The van der Waals surface area contributed by atoms with Crippen molar-refractivity contribution in [2.75, 3.05) is 31.6 Å². The zero-order chi connectivity index (χ0) is 11.3. The second-order valence-electron chi connectivity index (χ2n) is 3.62. The van der Waals surface area contributed by atoms with E-state index in [9.17, 15) is 13.2 Å². The lowest BCUT2D eigenvalue weighted by Gasteiger charge is -2.20. The first-order valence-corrected chi connectivity index (χ1v) is 6.09. The SMILES string of the molecule is FC(F)(F)COCCN(CCBr)C1CC1. The molecule has 0 amide bonds. The second-order valence-corrected chi connectivity index (χ2v) is 4.42. The van der Waals surface area contributed by atoms with Gasteiger partial charge in [-0.3, -0.25) is 4.90 Å². The largest absolute Gasteiger partial charge is 0.411 e. The number of alkyl halides is 4. The lowest BCUT2D eigenvalue weighted by molar-refractivity contribution is -0.174. The lowest BCUT2D eigenvalue weighted by atomic mass is 10.4. The number of nitrogens with zero attached hydrogens (tertiary/aromatic N) is 1. The van der Waals surface area contributed by atoms with Crippen molar-refractivity contribution in [2.45, 2.75) is 25.1 Å². The van der Waals surface area contributed by atoms with Crippen LogP contribution in [-0.4, -0.2) is 48.8 Å². The van der Waals surface area contributed by atoms with Gasteiger partial charge in [-0.05, 0) is 12.8 Å². The average molecular weight is 290 g/mol. The van der Waals surface area contributed by atoms with Crippen LogP contribution in [-0.2, 0) is 4.74 Å². The Balaban J connectivity index is 2.06. The van der Waals surface area contributed by atoms with Gasteiger partial charge in [-0.2, -0.15) is 13.2 Å². The molecular weight excluding hydrogens is 275 g/mol. The molecule has 6 heteroatoms. The van der Waals surface area contributed by atoms with E-state index >= 15 is 0 Å². The Morgan fingerprint density at radius 3 is 2.40 bits per heavy atom. The summed E-state index contributed by atoms with van der Waals surface area (Å²) in [5.41, 5.74) is 0. The summed E-state index contributed by atoms with van der Waals surface area (Å²) in [6, 6.07) is 0.567. The number of hydrogen-bond donors (Lipinski definition) is 0. The van der Waals surface area contributed by atoms with E-state index < -0.39 is 12.8 Å². The van der Waals surface area contributed by atoms with Gasteiger partial charge < -0.3 is 4.74 Å². The summed E-state index contributed by atoms with van der Waals surface area (Å²) >= 11 is 3.32. The zero-order valence-electron chi connectivity index (χ0n) is 8.39. The molecule has 0 saturated heterocycles. The van der Waals surface area contributed by atoms with Crippen LogP contribution in [0.2, 0.25) is 0 Å². The molecule has 1 saturated carbocycles. The minimum atomic E-state index is -4.21. The van der Waals surface area contributed by atoms with Gasteiger partial charge in [0.05, 0.1) is 6.61 Å². The Morgan fingerprint density at radius 2 is 1.93 bits per heavy atom. The van der Waals surface area contributed by atoms with Crippen LogP contribution in [0.1, 0.15) is 12.8 Å². The van der Waals surface area contributed by atoms with Crippen LogP contribution < -0.4 is 0 Å². The Labute approximate surface area is 95.9 Å². The van der Waals surface area contributed by atoms with Gasteiger partial charge in [0, 0.05) is 24.5 Å². The number of halogens is 4. The van der Waals surface area contributed by atoms with Crippen LogP contribution in [0.15, 0.2) is 0 Å². The molecule has 0 aliphatic heterocycles. The van der Waals surface area contributed by atoms with Gasteiger partial charge in [0.15, 0.2) is 0 Å². The molecule has 0 heterocycles. The number of hydrogen-bond acceptors (Lipinski definition) is 2. The molecule has 90 valence electrons. The van der Waals surface area contributed by atoms with Gasteiger partial charge in [0.1, 0.15) is 6.61 Å². The van der Waals surface area contributed by atoms with E-state index in [4.69, 9.17) is 0 Å². The summed E-state index contributed by atoms with van der Waals surface area (Å²) < 4.78 is 39.8. The van der Waals surface area contributed by atoms with Crippen LogP contribution >= 0.6 is 15.9 Å². The molecule has 1 fully saturated rings. The van der Waals surface area contributed by atoms with Crippen molar-refractivity contribution in [1.29, 1.82) is 0 Å². The van der Waals surface area contributed by atoms with Crippen LogP contribution in [0.4, 0.5) is 13.2 Å². The van der Waals surface area contributed by atoms with Crippen LogP contribution in [0.25, 0.3) is 0 Å². The third-order valence-electron chi connectivity index (χ3n) is 2.22. The minimum Gasteiger partial charge on any atom is -0.371 e. The fourth-order valence-corrected chi connectivity index (χ4v) is 1.85. The predicted octanol–water partition coefficient (Wildman–Crippen LogP) is 2.42. The van der Waals surface area contributed by atoms with Crippen molar-refractivity contribution < 1.29 is 17.9 Å². The summed E-state index contributed by atoms with van der Waals surface area (Å²) in [6.45, 7) is 0.481. The van der Waals surface area contributed by atoms with E-state index in [1.165, 1.54) is 0 Å². The molecule has 0 aromatic carbocycles. The first kappa shape index (κ1) is 13.3. The summed E-state index contributed by atoms with van der Waals surface area (Å²) in [5, 5.41) is 0.850. The van der Waals surface area contributed by atoms with Gasteiger partial charge in [-0.15, -0.1) is 0 Å². The Hall–Kier alpha value is 0.190. The van der Waals surface area contributed by atoms with Crippen molar-refractivity contribution in [3.63, 3.8) is 0 Å². The fraction of sp³-hybridized carbons (Fsp3) is 1.00. The molecule has 0 aromatic heterocycles. The predicted molar refractivity (Wildman–Crippen MR) is 55.3 cm³/mol. The van der Waals surface area contributed by atoms with Gasteiger partial charge in [0.25, 0.3) is 0 Å². The zero-order valence-corrected chi connectivity index (χ0v) is 9.98. The molecule has 0 unspecified atom stereocenters. The van der Waals surface area contributed by atoms with Crippen molar-refractivity contribution in [2.24, 2.45) is 0 Å². The van der Waals surface area contributed by atoms with E-state index in [-0.39, 0.29) is 6.61 Å². The van der Waals surface area contributed by atoms with E-state index in [1.807, 2.05) is 0 Å². The van der Waals surface area contributed by atoms with Crippen LogP contribution in [0, 0.1) is 0 Å². The highest BCUT2D eigenvalue weighted by Crippen LogP contribution is 2.26. The number of ether oxygens (including phenoxy) is 1. The highest BCUT2D eigenvalue weighted by Gasteiger charge is 2.29. The van der Waals surface area contributed by atoms with E-state index in [0.717, 1.165) is 24.7 Å². The Bertz CT molecular complexity index is 185. The maximum atomic E-state index is 11.8. The molecule has 0 atom stereocenters. The van der Waals surface area contributed by atoms with E-state index in [0.29, 0.717) is 12.6 Å². The van der Waals surface area contributed by atoms with Gasteiger partial charge in [-0.25, -0.2) is 0 Å². The Morgan fingerprint density at radius 1 is 1.27 bits per heavy atom. The molecule has 1 aliphatic carbocycles. The monoisotopic (exact) mass is 289 g/mol. The van der Waals surface area contributed by atoms with Crippen molar-refractivity contribution >= 4 is 15.9 Å². The molecule has 0 aromatic rings. The maximum Gasteiger partial charge on any atom is 0.411 e. The molecule has 1 aliphatic rings.